The number of anilines is 1. The first kappa shape index (κ1) is 17.3. The van der Waals surface area contributed by atoms with Crippen molar-refractivity contribution in [3.63, 3.8) is 0 Å². The van der Waals surface area contributed by atoms with Gasteiger partial charge in [0.05, 0.1) is 5.02 Å². The van der Waals surface area contributed by atoms with E-state index in [0.717, 1.165) is 57.0 Å². The number of halogens is 2. The molecule has 2 fully saturated rings. The fourth-order valence-corrected chi connectivity index (χ4v) is 3.59. The Bertz CT molecular complexity index is 590. The normalized spacial score (nSPS) is 22.0. The molecule has 2 aliphatic heterocycles. The first-order chi connectivity index (χ1) is 11.5. The minimum Gasteiger partial charge on any atom is -0.371 e. The van der Waals surface area contributed by atoms with E-state index in [0.29, 0.717) is 12.5 Å². The first-order valence-corrected chi connectivity index (χ1v) is 9.13. The lowest BCUT2D eigenvalue weighted by atomic mass is 10.00. The van der Waals surface area contributed by atoms with Crippen LogP contribution in [0.4, 0.5) is 14.9 Å². The van der Waals surface area contributed by atoms with E-state index in [4.69, 9.17) is 11.6 Å². The number of hydrogen-bond acceptors (Lipinski definition) is 2. The zero-order valence-electron chi connectivity index (χ0n) is 14.1. The molecule has 0 bridgehead atoms. The maximum atomic E-state index is 13.6. The average molecular weight is 354 g/mol. The van der Waals surface area contributed by atoms with Crippen LogP contribution in [0.1, 0.15) is 26.2 Å². The van der Waals surface area contributed by atoms with Gasteiger partial charge in [0.1, 0.15) is 5.82 Å². The van der Waals surface area contributed by atoms with Crippen LogP contribution in [0.2, 0.25) is 5.02 Å². The summed E-state index contributed by atoms with van der Waals surface area (Å²) in [6, 6.07) is 4.98. The van der Waals surface area contributed by atoms with Gasteiger partial charge in [0, 0.05) is 38.4 Å². The minimum atomic E-state index is -0.384. The number of carbonyl (C=O) groups is 1. The summed E-state index contributed by atoms with van der Waals surface area (Å²) in [7, 11) is 0. The Hall–Kier alpha value is -1.49. The Labute approximate surface area is 147 Å². The zero-order valence-corrected chi connectivity index (χ0v) is 14.9. The maximum Gasteiger partial charge on any atom is 0.317 e. The lowest BCUT2D eigenvalue weighted by Gasteiger charge is -2.30. The van der Waals surface area contributed by atoms with Crippen molar-refractivity contribution in [1.29, 1.82) is 0 Å². The summed E-state index contributed by atoms with van der Waals surface area (Å²) in [6.45, 7) is 6.34. The van der Waals surface area contributed by atoms with Gasteiger partial charge in [0.25, 0.3) is 0 Å². The summed E-state index contributed by atoms with van der Waals surface area (Å²) in [4.78, 5) is 16.3. The number of urea groups is 1. The molecule has 1 unspecified atom stereocenters. The van der Waals surface area contributed by atoms with Gasteiger partial charge in [0.15, 0.2) is 0 Å². The highest BCUT2D eigenvalue weighted by atomic mass is 35.5. The van der Waals surface area contributed by atoms with Gasteiger partial charge in [-0.05, 0) is 49.3 Å². The molecule has 1 aromatic rings. The molecule has 6 heteroatoms. The molecular formula is C18H25ClFN3O. The van der Waals surface area contributed by atoms with Crippen molar-refractivity contribution in [3.05, 3.63) is 29.0 Å². The molecule has 4 nitrogen and oxygen atoms in total. The summed E-state index contributed by atoms with van der Waals surface area (Å²) in [5.41, 5.74) is 0.857. The Kier molecular flexibility index (Phi) is 5.49. The monoisotopic (exact) mass is 353 g/mol. The van der Waals surface area contributed by atoms with E-state index in [-0.39, 0.29) is 16.9 Å². The smallest absolute Gasteiger partial charge is 0.317 e. The highest BCUT2D eigenvalue weighted by Crippen LogP contribution is 2.27. The summed E-state index contributed by atoms with van der Waals surface area (Å²) in [5.74, 6) is 0.735. The molecule has 3 rings (SSSR count). The zero-order chi connectivity index (χ0) is 17.1. The number of nitrogens with one attached hydrogen (secondary N) is 1. The lowest BCUT2D eigenvalue weighted by molar-refractivity contribution is 0.173. The van der Waals surface area contributed by atoms with E-state index in [1.54, 1.807) is 6.07 Å². The standard InChI is InChI=1S/C18H25ClFN3O/c1-13-4-7-22(8-5-13)18(24)21-11-14-6-9-23(12-14)15-2-3-16(19)17(20)10-15/h2-3,10,13-14H,4-9,11-12H2,1H3,(H,21,24). The molecule has 1 aromatic carbocycles. The average Bonchev–Trinajstić information content (AvgIpc) is 3.05. The fourth-order valence-electron chi connectivity index (χ4n) is 3.47. The van der Waals surface area contributed by atoms with Gasteiger partial charge in [-0.3, -0.25) is 0 Å². The largest absolute Gasteiger partial charge is 0.371 e. The third-order valence-electron chi connectivity index (χ3n) is 5.17. The lowest BCUT2D eigenvalue weighted by Crippen LogP contribution is -2.45. The second-order valence-corrected chi connectivity index (χ2v) is 7.46. The summed E-state index contributed by atoms with van der Waals surface area (Å²) < 4.78 is 13.6. The molecule has 132 valence electrons. The van der Waals surface area contributed by atoms with Crippen molar-refractivity contribution in [2.45, 2.75) is 26.2 Å². The molecule has 0 spiro atoms. The minimum absolute atomic E-state index is 0.0536. The van der Waals surface area contributed by atoms with Crippen LogP contribution in [0.25, 0.3) is 0 Å². The SMILES string of the molecule is CC1CCN(C(=O)NCC2CCN(c3ccc(Cl)c(F)c3)C2)CC1. The van der Waals surface area contributed by atoms with Crippen molar-refractivity contribution >= 4 is 23.3 Å². The van der Waals surface area contributed by atoms with Crippen LogP contribution in [-0.4, -0.2) is 43.7 Å². The van der Waals surface area contributed by atoms with E-state index < -0.39 is 0 Å². The molecule has 1 N–H and O–H groups in total. The number of hydrogen-bond donors (Lipinski definition) is 1. The first-order valence-electron chi connectivity index (χ1n) is 8.75. The Morgan fingerprint density at radius 2 is 2.04 bits per heavy atom. The van der Waals surface area contributed by atoms with Gasteiger partial charge < -0.3 is 15.1 Å². The molecule has 2 aliphatic rings. The molecule has 0 aliphatic carbocycles. The maximum absolute atomic E-state index is 13.6. The molecule has 1 atom stereocenters. The molecule has 2 heterocycles. The van der Waals surface area contributed by atoms with Gasteiger partial charge in [-0.25, -0.2) is 9.18 Å². The van der Waals surface area contributed by atoms with Crippen molar-refractivity contribution < 1.29 is 9.18 Å². The molecule has 24 heavy (non-hydrogen) atoms. The van der Waals surface area contributed by atoms with Crippen LogP contribution in [0.3, 0.4) is 0 Å². The van der Waals surface area contributed by atoms with Crippen LogP contribution in [0.5, 0.6) is 0 Å². The summed E-state index contributed by atoms with van der Waals surface area (Å²) >= 11 is 5.74. The third kappa shape index (κ3) is 4.12. The summed E-state index contributed by atoms with van der Waals surface area (Å²) in [6.07, 6.45) is 3.18. The topological polar surface area (TPSA) is 35.6 Å². The van der Waals surface area contributed by atoms with Crippen LogP contribution in [0, 0.1) is 17.7 Å². The predicted molar refractivity (Wildman–Crippen MR) is 95.1 cm³/mol. The van der Waals surface area contributed by atoms with Crippen LogP contribution in [-0.2, 0) is 0 Å². The van der Waals surface area contributed by atoms with E-state index in [1.165, 1.54) is 6.07 Å². The highest BCUT2D eigenvalue weighted by molar-refractivity contribution is 6.30. The number of likely N-dealkylation sites (tertiary alicyclic amines) is 1. The van der Waals surface area contributed by atoms with E-state index in [2.05, 4.69) is 17.1 Å². The molecule has 2 saturated heterocycles. The quantitative estimate of drug-likeness (QED) is 0.898. The number of rotatable bonds is 3. The predicted octanol–water partition coefficient (Wildman–Crippen LogP) is 3.75. The molecular weight excluding hydrogens is 329 g/mol. The molecule has 0 aromatic heterocycles. The van der Waals surface area contributed by atoms with Crippen molar-refractivity contribution in [2.75, 3.05) is 37.6 Å². The third-order valence-corrected chi connectivity index (χ3v) is 5.47. The second kappa shape index (κ2) is 7.60. The van der Waals surface area contributed by atoms with Crippen LogP contribution >= 0.6 is 11.6 Å². The number of nitrogens with zero attached hydrogens (tertiary/aromatic N) is 2. The summed E-state index contributed by atoms with van der Waals surface area (Å²) in [5, 5.41) is 3.22. The fraction of sp³-hybridized carbons (Fsp3) is 0.611. The Balaban J connectivity index is 1.46. The van der Waals surface area contributed by atoms with Crippen molar-refractivity contribution in [1.82, 2.24) is 10.2 Å². The van der Waals surface area contributed by atoms with Gasteiger partial charge >= 0.3 is 6.03 Å². The van der Waals surface area contributed by atoms with Gasteiger partial charge in [-0.2, -0.15) is 0 Å². The number of piperidine rings is 1. The van der Waals surface area contributed by atoms with Crippen LogP contribution < -0.4 is 10.2 Å². The number of benzene rings is 1. The van der Waals surface area contributed by atoms with Gasteiger partial charge in [-0.1, -0.05) is 18.5 Å². The van der Waals surface area contributed by atoms with Crippen molar-refractivity contribution in [3.8, 4) is 0 Å². The molecule has 0 saturated carbocycles. The van der Waals surface area contributed by atoms with Gasteiger partial charge in [-0.15, -0.1) is 0 Å². The van der Waals surface area contributed by atoms with Crippen LogP contribution in [0.15, 0.2) is 18.2 Å². The van der Waals surface area contributed by atoms with E-state index in [9.17, 15) is 9.18 Å². The van der Waals surface area contributed by atoms with E-state index in [1.807, 2.05) is 11.0 Å². The number of carbonyl (C=O) groups excluding carboxylic acids is 1. The van der Waals surface area contributed by atoms with Crippen molar-refractivity contribution in [2.24, 2.45) is 11.8 Å². The Morgan fingerprint density at radius 1 is 1.29 bits per heavy atom. The van der Waals surface area contributed by atoms with E-state index >= 15 is 0 Å². The molecule has 2 amide bonds. The number of amides is 2. The molecule has 0 radical (unpaired) electrons. The van der Waals surface area contributed by atoms with Gasteiger partial charge in [0.2, 0.25) is 0 Å². The second-order valence-electron chi connectivity index (χ2n) is 7.05. The highest BCUT2D eigenvalue weighted by Gasteiger charge is 2.25. The Morgan fingerprint density at radius 3 is 2.75 bits per heavy atom.